The van der Waals surface area contributed by atoms with Crippen molar-refractivity contribution in [2.45, 2.75) is 52.4 Å². The minimum atomic E-state index is -2.85. The van der Waals surface area contributed by atoms with Gasteiger partial charge >= 0.3 is 6.85 Å². The number of fused-ring (bicyclic) bond motifs is 17. The van der Waals surface area contributed by atoms with Gasteiger partial charge in [0.1, 0.15) is 11.2 Å². The quantitative estimate of drug-likeness (QED) is 0.161. The Hall–Kier alpha value is -7.34. The van der Waals surface area contributed by atoms with Gasteiger partial charge in [-0.1, -0.05) is 187 Å². The highest BCUT2D eigenvalue weighted by molar-refractivity contribution is 7.24. The lowest BCUT2D eigenvalue weighted by molar-refractivity contribution is 0.590. The zero-order chi connectivity index (χ0) is 45.1. The lowest BCUT2D eigenvalue weighted by atomic mass is 9.42. The maximum atomic E-state index is 6.87. The molecule has 0 unspecified atom stereocenters. The Morgan fingerprint density at radius 2 is 1.03 bits per heavy atom. The summed E-state index contributed by atoms with van der Waals surface area (Å²) in [6, 6.07) is 71.9. The fraction of sp³-hybridized carbons (Fsp3) is 0.129. The topological polar surface area (TPSA) is 19.6 Å². The van der Waals surface area contributed by atoms with Gasteiger partial charge in [0, 0.05) is 44.6 Å². The summed E-state index contributed by atoms with van der Waals surface area (Å²) in [7, 11) is -2.85. The first-order valence-electron chi connectivity index (χ1n) is 23.9. The summed E-state index contributed by atoms with van der Waals surface area (Å²) >= 11 is 0. The first-order valence-corrected chi connectivity index (χ1v) is 25.9. The summed E-state index contributed by atoms with van der Waals surface area (Å²) in [5.74, 6) is 0. The molecule has 0 amide bonds. The lowest BCUT2D eigenvalue weighted by Gasteiger charge is -2.52. The fourth-order valence-corrected chi connectivity index (χ4v) is 18.1. The van der Waals surface area contributed by atoms with E-state index in [2.05, 4.69) is 239 Å². The van der Waals surface area contributed by atoms with Crippen LogP contribution in [0.5, 0.6) is 0 Å². The first-order chi connectivity index (χ1) is 32.5. The second kappa shape index (κ2) is 13.4. The van der Waals surface area contributed by atoms with Crippen LogP contribution in [-0.4, -0.2) is 14.9 Å². The van der Waals surface area contributed by atoms with Crippen LogP contribution in [0.4, 0.5) is 28.4 Å². The average Bonchev–Trinajstić information content (AvgIpc) is 3.87. The van der Waals surface area contributed by atoms with Crippen molar-refractivity contribution >= 4 is 97.0 Å². The predicted octanol–water partition coefficient (Wildman–Crippen LogP) is 12.2. The van der Waals surface area contributed by atoms with Crippen molar-refractivity contribution in [1.29, 1.82) is 0 Å². The second-order valence-electron chi connectivity index (χ2n) is 21.2. The van der Waals surface area contributed by atoms with Crippen molar-refractivity contribution in [1.82, 2.24) is 0 Å². The third-order valence-corrected chi connectivity index (χ3v) is 20.5. The molecule has 0 bridgehead atoms. The molecule has 0 fully saturated rings. The Morgan fingerprint density at radius 3 is 1.78 bits per heavy atom. The number of furan rings is 1. The van der Waals surface area contributed by atoms with E-state index < -0.39 is 8.07 Å². The Labute approximate surface area is 394 Å². The van der Waals surface area contributed by atoms with Crippen molar-refractivity contribution in [3.05, 3.63) is 199 Å². The number of hydrogen-bond acceptors (Lipinski definition) is 3. The molecule has 9 aromatic carbocycles. The maximum absolute atomic E-state index is 6.87. The number of para-hydroxylation sites is 3. The largest absolute Gasteiger partial charge is 0.456 e. The van der Waals surface area contributed by atoms with Gasteiger partial charge in [-0.2, -0.15) is 0 Å². The van der Waals surface area contributed by atoms with E-state index in [1.54, 1.807) is 0 Å². The summed E-state index contributed by atoms with van der Waals surface area (Å²) in [5, 5.41) is 8.21. The van der Waals surface area contributed by atoms with Crippen molar-refractivity contribution in [3.8, 4) is 33.4 Å². The van der Waals surface area contributed by atoms with E-state index in [9.17, 15) is 0 Å². The van der Waals surface area contributed by atoms with E-state index in [-0.39, 0.29) is 17.7 Å². The predicted molar refractivity (Wildman–Crippen MR) is 286 cm³/mol. The van der Waals surface area contributed by atoms with Gasteiger partial charge in [-0.15, -0.1) is 0 Å². The highest BCUT2D eigenvalue weighted by atomic mass is 28.3. The first kappa shape index (κ1) is 38.9. The Bertz CT molecular complexity index is 3710. The van der Waals surface area contributed by atoms with Crippen LogP contribution in [0.3, 0.4) is 0 Å². The van der Waals surface area contributed by atoms with E-state index in [1.165, 1.54) is 110 Å². The smallest absolute Gasteiger partial charge is 0.333 e. The summed E-state index contributed by atoms with van der Waals surface area (Å²) in [6.45, 7) is 13.9. The number of rotatable bonds is 2. The van der Waals surface area contributed by atoms with Crippen LogP contribution in [0.1, 0.15) is 52.7 Å². The molecule has 10 aromatic rings. The molecular weight excluding hydrogens is 828 g/mol. The minimum absolute atomic E-state index is 0.0375. The zero-order valence-electron chi connectivity index (χ0n) is 38.8. The summed E-state index contributed by atoms with van der Waals surface area (Å²) in [4.78, 5) is 5.41. The maximum Gasteiger partial charge on any atom is 0.333 e. The molecule has 0 radical (unpaired) electrons. The number of nitrogens with zero attached hydrogens (tertiary/aromatic N) is 2. The van der Waals surface area contributed by atoms with Gasteiger partial charge in [-0.3, -0.25) is 0 Å². The van der Waals surface area contributed by atoms with E-state index in [4.69, 9.17) is 4.42 Å². The molecule has 0 atom stereocenters. The highest BCUT2D eigenvalue weighted by Gasteiger charge is 2.58. The second-order valence-corrected chi connectivity index (χ2v) is 24.8. The molecule has 0 saturated heterocycles. The van der Waals surface area contributed by atoms with Gasteiger partial charge in [0.2, 0.25) is 0 Å². The standard InChI is InChI=1S/C62H49BN2OSi/c1-61(2,3)39-31-32-47(45(35-39)38-19-8-7-9-20-38)64-49-33-34-52-57(44-23-10-14-26-51(44)66-52)59(49)63-58-46(36-40(37-50(58)64)62(4,5)6)43-24-18-30-56-60(43)65(63)48-25-13-17-29-55(48)67(56)53-27-15-11-21-41(53)42-22-12-16-28-54(42)67/h7-37H,1-6H3. The Kier molecular flexibility index (Phi) is 7.78. The monoisotopic (exact) mass is 876 g/mol. The number of benzene rings is 9. The van der Waals surface area contributed by atoms with Crippen molar-refractivity contribution < 1.29 is 4.42 Å². The van der Waals surface area contributed by atoms with Crippen LogP contribution in [0.15, 0.2) is 192 Å². The number of anilines is 5. The number of hydrogen-bond donors (Lipinski definition) is 0. The zero-order valence-corrected chi connectivity index (χ0v) is 39.8. The van der Waals surface area contributed by atoms with E-state index in [1.807, 2.05) is 0 Å². The van der Waals surface area contributed by atoms with Gasteiger partial charge in [0.15, 0.2) is 8.07 Å². The molecule has 1 aromatic heterocycles. The Morgan fingerprint density at radius 1 is 0.418 bits per heavy atom. The average molecular weight is 877 g/mol. The van der Waals surface area contributed by atoms with Crippen molar-refractivity contribution in [3.63, 3.8) is 0 Å². The van der Waals surface area contributed by atoms with E-state index in [0.717, 1.165) is 16.6 Å². The molecule has 5 heterocycles. The molecule has 320 valence electrons. The molecule has 4 aliphatic heterocycles. The van der Waals surface area contributed by atoms with Gasteiger partial charge in [-0.25, -0.2) is 0 Å². The Balaban J connectivity index is 1.18. The summed E-state index contributed by atoms with van der Waals surface area (Å²) in [6.07, 6.45) is 0. The summed E-state index contributed by atoms with van der Waals surface area (Å²) in [5.41, 5.74) is 20.9. The fourth-order valence-electron chi connectivity index (χ4n) is 12.6. The molecule has 0 N–H and O–H groups in total. The molecule has 3 nitrogen and oxygen atoms in total. The van der Waals surface area contributed by atoms with Gasteiger partial charge in [0.05, 0.1) is 5.69 Å². The normalized spacial score (nSPS) is 14.7. The molecule has 1 spiro atoms. The van der Waals surface area contributed by atoms with Crippen LogP contribution in [0.25, 0.3) is 55.3 Å². The molecule has 0 saturated carbocycles. The van der Waals surface area contributed by atoms with E-state index >= 15 is 0 Å². The molecule has 4 aliphatic rings. The van der Waals surface area contributed by atoms with Crippen LogP contribution in [0.2, 0.25) is 0 Å². The molecule has 5 heteroatoms. The third kappa shape index (κ3) is 5.07. The molecule has 0 aliphatic carbocycles. The van der Waals surface area contributed by atoms with Gasteiger partial charge in [-0.05, 0) is 118 Å². The van der Waals surface area contributed by atoms with Crippen LogP contribution >= 0.6 is 0 Å². The van der Waals surface area contributed by atoms with Crippen LogP contribution in [0, 0.1) is 0 Å². The van der Waals surface area contributed by atoms with Crippen LogP contribution in [-0.2, 0) is 10.8 Å². The third-order valence-electron chi connectivity index (χ3n) is 15.6. The van der Waals surface area contributed by atoms with Crippen molar-refractivity contribution in [2.75, 3.05) is 9.71 Å². The van der Waals surface area contributed by atoms with E-state index in [0.29, 0.717) is 0 Å². The summed E-state index contributed by atoms with van der Waals surface area (Å²) < 4.78 is 6.87. The van der Waals surface area contributed by atoms with Crippen molar-refractivity contribution in [2.24, 2.45) is 0 Å². The lowest BCUT2D eigenvalue weighted by Crippen LogP contribution is -2.78. The molecule has 67 heavy (non-hydrogen) atoms. The van der Waals surface area contributed by atoms with Gasteiger partial charge < -0.3 is 14.1 Å². The minimum Gasteiger partial charge on any atom is -0.456 e. The molecular formula is C62H49BN2OSi. The SMILES string of the molecule is CC(C)(C)c1ccc(N2c3cc(C(C)(C)C)cc4c3B(c3c2ccc2oc5ccccc5c32)N2c3ccccc3[Si]3(c5ccccc5-c5ccccc53)c3cccc-4c32)c(-c2ccccc2)c1. The van der Waals surface area contributed by atoms with Gasteiger partial charge in [0.25, 0.3) is 0 Å². The van der Waals surface area contributed by atoms with Crippen LogP contribution < -0.4 is 41.4 Å². The molecule has 14 rings (SSSR count). The highest BCUT2D eigenvalue weighted by Crippen LogP contribution is 2.52.